The Bertz CT molecular complexity index is 608. The molecule has 3 heteroatoms. The third-order valence-corrected chi connectivity index (χ3v) is 3.46. The molecule has 0 fully saturated rings. The number of phenolic OH excluding ortho intramolecular Hbond substituents is 1. The second kappa shape index (κ2) is 5.87. The van der Waals surface area contributed by atoms with Crippen molar-refractivity contribution in [3.63, 3.8) is 0 Å². The van der Waals surface area contributed by atoms with E-state index in [4.69, 9.17) is 4.74 Å². The summed E-state index contributed by atoms with van der Waals surface area (Å²) >= 11 is 0. The van der Waals surface area contributed by atoms with Gasteiger partial charge in [-0.2, -0.15) is 0 Å². The van der Waals surface area contributed by atoms with Crippen LogP contribution in [0, 0.1) is 13.8 Å². The van der Waals surface area contributed by atoms with Crippen LogP contribution in [0.25, 0.3) is 0 Å². The normalized spacial score (nSPS) is 12.0. The lowest BCUT2D eigenvalue weighted by Gasteiger charge is -2.18. The predicted octanol–water partition coefficient (Wildman–Crippen LogP) is 4.19. The fraction of sp³-hybridized carbons (Fsp3) is 0.294. The summed E-state index contributed by atoms with van der Waals surface area (Å²) in [5.41, 5.74) is 4.67. The van der Waals surface area contributed by atoms with Gasteiger partial charge in [0.05, 0.1) is 7.11 Å². The van der Waals surface area contributed by atoms with Crippen molar-refractivity contribution in [3.8, 4) is 11.5 Å². The topological polar surface area (TPSA) is 41.5 Å². The maximum atomic E-state index is 9.64. The summed E-state index contributed by atoms with van der Waals surface area (Å²) in [7, 11) is 1.56. The van der Waals surface area contributed by atoms with E-state index in [9.17, 15) is 5.11 Å². The molecule has 0 aromatic heterocycles. The zero-order valence-corrected chi connectivity index (χ0v) is 12.4. The molecular weight excluding hydrogens is 250 g/mol. The molecule has 2 aromatic carbocycles. The van der Waals surface area contributed by atoms with E-state index >= 15 is 0 Å². The van der Waals surface area contributed by atoms with Crippen LogP contribution in [0.5, 0.6) is 11.5 Å². The maximum Gasteiger partial charge on any atom is 0.160 e. The third-order valence-electron chi connectivity index (χ3n) is 3.46. The van der Waals surface area contributed by atoms with Crippen molar-refractivity contribution in [1.29, 1.82) is 0 Å². The Morgan fingerprint density at radius 2 is 1.85 bits per heavy atom. The highest BCUT2D eigenvalue weighted by Crippen LogP contribution is 2.30. The molecule has 106 valence electrons. The molecule has 0 aliphatic rings. The number of ether oxygens (including phenoxy) is 1. The highest BCUT2D eigenvalue weighted by molar-refractivity contribution is 5.54. The summed E-state index contributed by atoms with van der Waals surface area (Å²) in [4.78, 5) is 0. The molecule has 0 saturated carbocycles. The van der Waals surface area contributed by atoms with Gasteiger partial charge in [0.2, 0.25) is 0 Å². The lowest BCUT2D eigenvalue weighted by Crippen LogP contribution is -2.08. The van der Waals surface area contributed by atoms with Gasteiger partial charge in [0.25, 0.3) is 0 Å². The van der Waals surface area contributed by atoms with E-state index in [-0.39, 0.29) is 11.8 Å². The van der Waals surface area contributed by atoms with E-state index in [2.05, 4.69) is 44.3 Å². The van der Waals surface area contributed by atoms with Crippen LogP contribution < -0.4 is 10.1 Å². The van der Waals surface area contributed by atoms with Crippen molar-refractivity contribution in [3.05, 3.63) is 53.1 Å². The van der Waals surface area contributed by atoms with Crippen molar-refractivity contribution >= 4 is 5.69 Å². The van der Waals surface area contributed by atoms with Crippen LogP contribution in [0.3, 0.4) is 0 Å². The molecule has 2 aromatic rings. The summed E-state index contributed by atoms with van der Waals surface area (Å²) in [6.07, 6.45) is 0. The summed E-state index contributed by atoms with van der Waals surface area (Å²) < 4.78 is 5.15. The number of methoxy groups -OCH3 is 1. The fourth-order valence-corrected chi connectivity index (χ4v) is 2.26. The first kappa shape index (κ1) is 14.3. The number of phenols is 1. The lowest BCUT2D eigenvalue weighted by molar-refractivity contribution is 0.373. The third kappa shape index (κ3) is 3.05. The van der Waals surface area contributed by atoms with Crippen LogP contribution in [0.4, 0.5) is 5.69 Å². The molecule has 2 rings (SSSR count). The fourth-order valence-electron chi connectivity index (χ4n) is 2.26. The van der Waals surface area contributed by atoms with E-state index in [1.807, 2.05) is 12.1 Å². The van der Waals surface area contributed by atoms with E-state index in [1.165, 1.54) is 11.1 Å². The van der Waals surface area contributed by atoms with Gasteiger partial charge in [0.1, 0.15) is 0 Å². The van der Waals surface area contributed by atoms with Crippen molar-refractivity contribution < 1.29 is 9.84 Å². The highest BCUT2D eigenvalue weighted by atomic mass is 16.5. The second-order valence-corrected chi connectivity index (χ2v) is 5.12. The van der Waals surface area contributed by atoms with E-state index in [1.54, 1.807) is 13.2 Å². The highest BCUT2D eigenvalue weighted by Gasteiger charge is 2.10. The van der Waals surface area contributed by atoms with Gasteiger partial charge in [-0.3, -0.25) is 0 Å². The maximum absolute atomic E-state index is 9.64. The molecule has 1 atom stereocenters. The summed E-state index contributed by atoms with van der Waals surface area (Å²) in [6.45, 7) is 6.27. The first-order valence-electron chi connectivity index (χ1n) is 6.72. The van der Waals surface area contributed by atoms with Gasteiger partial charge in [-0.1, -0.05) is 23.8 Å². The Labute approximate surface area is 120 Å². The van der Waals surface area contributed by atoms with E-state index < -0.39 is 0 Å². The number of hydrogen-bond acceptors (Lipinski definition) is 3. The van der Waals surface area contributed by atoms with Crippen LogP contribution in [0.1, 0.15) is 29.7 Å². The van der Waals surface area contributed by atoms with Gasteiger partial charge in [0, 0.05) is 11.7 Å². The SMILES string of the molecule is COc1cc(C(C)Nc2ccc(C)cc2C)ccc1O. The number of nitrogens with one attached hydrogen (secondary N) is 1. The van der Waals surface area contributed by atoms with Crippen LogP contribution in [0.15, 0.2) is 36.4 Å². The molecule has 0 amide bonds. The number of aromatic hydroxyl groups is 1. The minimum Gasteiger partial charge on any atom is -0.504 e. The van der Waals surface area contributed by atoms with Gasteiger partial charge in [-0.25, -0.2) is 0 Å². The average Bonchev–Trinajstić information content (AvgIpc) is 2.42. The Morgan fingerprint density at radius 1 is 1.10 bits per heavy atom. The summed E-state index contributed by atoms with van der Waals surface area (Å²) in [5.74, 6) is 0.659. The summed E-state index contributed by atoms with van der Waals surface area (Å²) in [6, 6.07) is 11.9. The van der Waals surface area contributed by atoms with Crippen LogP contribution >= 0.6 is 0 Å². The molecule has 2 N–H and O–H groups in total. The largest absolute Gasteiger partial charge is 0.504 e. The van der Waals surface area contributed by atoms with Crippen molar-refractivity contribution in [1.82, 2.24) is 0 Å². The number of anilines is 1. The van der Waals surface area contributed by atoms with Crippen molar-refractivity contribution in [2.24, 2.45) is 0 Å². The van der Waals surface area contributed by atoms with Gasteiger partial charge >= 0.3 is 0 Å². The molecule has 1 unspecified atom stereocenters. The van der Waals surface area contributed by atoms with Crippen LogP contribution in [-0.2, 0) is 0 Å². The molecule has 0 aliphatic carbocycles. The summed E-state index contributed by atoms with van der Waals surface area (Å²) in [5, 5.41) is 13.1. The van der Waals surface area contributed by atoms with Crippen LogP contribution in [0.2, 0.25) is 0 Å². The van der Waals surface area contributed by atoms with E-state index in [0.717, 1.165) is 11.3 Å². The van der Waals surface area contributed by atoms with Gasteiger partial charge < -0.3 is 15.2 Å². The molecule has 0 spiro atoms. The monoisotopic (exact) mass is 271 g/mol. The van der Waals surface area contributed by atoms with Gasteiger partial charge in [-0.05, 0) is 50.1 Å². The number of aryl methyl sites for hydroxylation is 2. The zero-order valence-electron chi connectivity index (χ0n) is 12.4. The Kier molecular flexibility index (Phi) is 4.18. The number of benzene rings is 2. The van der Waals surface area contributed by atoms with Crippen molar-refractivity contribution in [2.75, 3.05) is 12.4 Å². The van der Waals surface area contributed by atoms with Crippen LogP contribution in [-0.4, -0.2) is 12.2 Å². The van der Waals surface area contributed by atoms with Crippen molar-refractivity contribution in [2.45, 2.75) is 26.8 Å². The second-order valence-electron chi connectivity index (χ2n) is 5.12. The molecule has 0 radical (unpaired) electrons. The molecule has 0 bridgehead atoms. The predicted molar refractivity (Wildman–Crippen MR) is 82.6 cm³/mol. The first-order valence-corrected chi connectivity index (χ1v) is 6.72. The lowest BCUT2D eigenvalue weighted by atomic mass is 10.1. The Morgan fingerprint density at radius 3 is 2.50 bits per heavy atom. The number of rotatable bonds is 4. The zero-order chi connectivity index (χ0) is 14.7. The quantitative estimate of drug-likeness (QED) is 0.876. The molecule has 0 heterocycles. The minimum absolute atomic E-state index is 0.130. The molecule has 3 nitrogen and oxygen atoms in total. The average molecular weight is 271 g/mol. The van der Waals surface area contributed by atoms with E-state index in [0.29, 0.717) is 5.75 Å². The Hall–Kier alpha value is -2.16. The molecule has 0 aliphatic heterocycles. The molecule has 0 saturated heterocycles. The Balaban J connectivity index is 2.21. The van der Waals surface area contributed by atoms with Gasteiger partial charge in [-0.15, -0.1) is 0 Å². The number of hydrogen-bond donors (Lipinski definition) is 2. The van der Waals surface area contributed by atoms with Gasteiger partial charge in [0.15, 0.2) is 11.5 Å². The molecule has 20 heavy (non-hydrogen) atoms. The standard InChI is InChI=1S/C17H21NO2/c1-11-5-7-15(12(2)9-11)18-13(3)14-6-8-16(19)17(10-14)20-4/h5-10,13,18-19H,1-4H3. The minimum atomic E-state index is 0.130. The molecular formula is C17H21NO2. The first-order chi connectivity index (χ1) is 9.51. The smallest absolute Gasteiger partial charge is 0.160 e.